The van der Waals surface area contributed by atoms with Crippen LogP contribution in [0.25, 0.3) is 0 Å². The van der Waals surface area contributed by atoms with Gasteiger partial charge in [0, 0.05) is 37.1 Å². The first kappa shape index (κ1) is 22.1. The summed E-state index contributed by atoms with van der Waals surface area (Å²) >= 11 is 0. The van der Waals surface area contributed by atoms with Crippen LogP contribution in [0.4, 0.5) is 0 Å². The van der Waals surface area contributed by atoms with Gasteiger partial charge in [-0.3, -0.25) is 14.8 Å². The average molecular weight is 431 g/mol. The zero-order chi connectivity index (χ0) is 22.5. The van der Waals surface area contributed by atoms with Crippen molar-refractivity contribution in [3.63, 3.8) is 0 Å². The van der Waals surface area contributed by atoms with Gasteiger partial charge in [-0.2, -0.15) is 0 Å². The van der Waals surface area contributed by atoms with E-state index in [0.29, 0.717) is 11.6 Å². The van der Waals surface area contributed by atoms with E-state index in [1.807, 2.05) is 61.5 Å². The predicted molar refractivity (Wildman–Crippen MR) is 124 cm³/mol. The number of carbonyl (C=O) groups excluding carboxylic acids is 1. The number of rotatable bonds is 7. The number of aliphatic hydroxyl groups excluding tert-OH is 1. The zero-order valence-electron chi connectivity index (χ0n) is 18.6. The molecule has 2 aromatic carbocycles. The van der Waals surface area contributed by atoms with Crippen LogP contribution in [0.15, 0.2) is 73.2 Å². The summed E-state index contributed by atoms with van der Waals surface area (Å²) in [7, 11) is 1.79. The second kappa shape index (κ2) is 10.0. The average Bonchev–Trinajstić information content (AvgIpc) is 3.32. The lowest BCUT2D eigenvalue weighted by Gasteiger charge is -2.24. The largest absolute Gasteiger partial charge is 0.387 e. The summed E-state index contributed by atoms with van der Waals surface area (Å²) in [6, 6.07) is 17.9. The van der Waals surface area contributed by atoms with Crippen molar-refractivity contribution in [1.82, 2.24) is 20.2 Å². The number of aromatic nitrogens is 2. The second-order valence-corrected chi connectivity index (χ2v) is 8.53. The lowest BCUT2D eigenvalue weighted by atomic mass is 10.0. The van der Waals surface area contributed by atoms with E-state index in [9.17, 15) is 9.90 Å². The molecule has 4 rings (SSSR count). The van der Waals surface area contributed by atoms with E-state index in [1.54, 1.807) is 30.5 Å². The van der Waals surface area contributed by atoms with E-state index >= 15 is 0 Å². The van der Waals surface area contributed by atoms with Gasteiger partial charge in [0.2, 0.25) is 0 Å². The first-order valence-corrected chi connectivity index (χ1v) is 11.1. The van der Waals surface area contributed by atoms with Crippen LogP contribution in [-0.4, -0.2) is 45.0 Å². The topological polar surface area (TPSA) is 78.4 Å². The Labute approximate surface area is 189 Å². The monoisotopic (exact) mass is 430 g/mol. The molecular formula is C26H30N4O2. The molecule has 0 saturated carbocycles. The van der Waals surface area contributed by atoms with Crippen molar-refractivity contribution in [2.45, 2.75) is 50.4 Å². The maximum atomic E-state index is 12.9. The molecule has 0 radical (unpaired) electrons. The van der Waals surface area contributed by atoms with Crippen molar-refractivity contribution >= 4 is 5.91 Å². The van der Waals surface area contributed by atoms with Crippen LogP contribution < -0.4 is 5.32 Å². The highest BCUT2D eigenvalue weighted by Gasteiger charge is 2.30. The van der Waals surface area contributed by atoms with Gasteiger partial charge in [-0.15, -0.1) is 0 Å². The van der Waals surface area contributed by atoms with Crippen molar-refractivity contribution in [2.75, 3.05) is 7.05 Å². The van der Waals surface area contributed by atoms with Crippen molar-refractivity contribution in [1.29, 1.82) is 0 Å². The standard InChI is InChI=1S/C26H30N4O2/c1-18(24-17-27-14-15-28-24)30(2)26(32)21-10-8-19(9-11-21)16-22-12-13-23(29-22)25(31)20-6-4-3-5-7-20/h3-11,14-15,17-18,22-23,25,29,31H,12-13,16H2,1-2H3/t18?,22-,23+,25+/m0/s1. The number of hydrogen-bond donors (Lipinski definition) is 2. The summed E-state index contributed by atoms with van der Waals surface area (Å²) in [6.07, 6.45) is 7.30. The Morgan fingerprint density at radius 3 is 2.56 bits per heavy atom. The minimum atomic E-state index is -0.493. The van der Waals surface area contributed by atoms with Gasteiger partial charge in [0.1, 0.15) is 0 Å². The molecule has 6 nitrogen and oxygen atoms in total. The number of hydrogen-bond acceptors (Lipinski definition) is 5. The molecular weight excluding hydrogens is 400 g/mol. The van der Waals surface area contributed by atoms with Crippen LogP contribution in [0.3, 0.4) is 0 Å². The fourth-order valence-electron chi connectivity index (χ4n) is 4.31. The van der Waals surface area contributed by atoms with E-state index in [1.165, 1.54) is 5.56 Å². The van der Waals surface area contributed by atoms with Crippen molar-refractivity contribution in [3.05, 3.63) is 95.6 Å². The van der Waals surface area contributed by atoms with Gasteiger partial charge in [-0.05, 0) is 49.4 Å². The van der Waals surface area contributed by atoms with Gasteiger partial charge in [0.25, 0.3) is 5.91 Å². The summed E-state index contributed by atoms with van der Waals surface area (Å²) in [4.78, 5) is 23.0. The van der Waals surface area contributed by atoms with Crippen LogP contribution in [0, 0.1) is 0 Å². The van der Waals surface area contributed by atoms with Crippen LogP contribution in [0.5, 0.6) is 0 Å². The quantitative estimate of drug-likeness (QED) is 0.598. The normalized spacial score (nSPS) is 20.0. The molecule has 2 N–H and O–H groups in total. The lowest BCUT2D eigenvalue weighted by molar-refractivity contribution is 0.0739. The number of benzene rings is 2. The maximum absolute atomic E-state index is 12.9. The van der Waals surface area contributed by atoms with Crippen molar-refractivity contribution in [3.8, 4) is 0 Å². The Morgan fingerprint density at radius 2 is 1.88 bits per heavy atom. The number of carbonyl (C=O) groups is 1. The molecule has 0 spiro atoms. The molecule has 0 bridgehead atoms. The Kier molecular flexibility index (Phi) is 6.93. The summed E-state index contributed by atoms with van der Waals surface area (Å²) in [5, 5.41) is 14.3. The first-order chi connectivity index (χ1) is 15.5. The molecule has 1 saturated heterocycles. The van der Waals surface area contributed by atoms with Crippen LogP contribution in [-0.2, 0) is 6.42 Å². The Balaban J connectivity index is 1.33. The van der Waals surface area contributed by atoms with E-state index in [4.69, 9.17) is 0 Å². The smallest absolute Gasteiger partial charge is 0.254 e. The van der Waals surface area contributed by atoms with Gasteiger partial charge in [0.05, 0.1) is 24.0 Å². The maximum Gasteiger partial charge on any atom is 0.254 e. The van der Waals surface area contributed by atoms with Crippen LogP contribution in [0.2, 0.25) is 0 Å². The summed E-state index contributed by atoms with van der Waals surface area (Å²) < 4.78 is 0. The minimum Gasteiger partial charge on any atom is -0.387 e. The zero-order valence-corrected chi connectivity index (χ0v) is 18.6. The van der Waals surface area contributed by atoms with Gasteiger partial charge in [0.15, 0.2) is 0 Å². The molecule has 2 heterocycles. The second-order valence-electron chi connectivity index (χ2n) is 8.53. The molecule has 3 aromatic rings. The third-order valence-electron chi connectivity index (χ3n) is 6.39. The molecule has 1 aliphatic rings. The molecule has 166 valence electrons. The molecule has 1 aliphatic heterocycles. The highest BCUT2D eigenvalue weighted by atomic mass is 16.3. The first-order valence-electron chi connectivity index (χ1n) is 11.1. The highest BCUT2D eigenvalue weighted by Crippen LogP contribution is 2.27. The SMILES string of the molecule is CC(c1cnccn1)N(C)C(=O)c1ccc(C[C@@H]2CC[C@H]([C@H](O)c3ccccc3)N2)cc1. The predicted octanol–water partition coefficient (Wildman–Crippen LogP) is 3.71. The number of nitrogens with zero attached hydrogens (tertiary/aromatic N) is 3. The fourth-order valence-corrected chi connectivity index (χ4v) is 4.31. The number of aliphatic hydroxyl groups is 1. The molecule has 0 aliphatic carbocycles. The fraction of sp³-hybridized carbons (Fsp3) is 0.346. The van der Waals surface area contributed by atoms with Crippen molar-refractivity contribution in [2.24, 2.45) is 0 Å². The van der Waals surface area contributed by atoms with Gasteiger partial charge in [-0.1, -0.05) is 42.5 Å². The third-order valence-corrected chi connectivity index (χ3v) is 6.39. The summed E-state index contributed by atoms with van der Waals surface area (Å²) in [6.45, 7) is 1.95. The van der Waals surface area contributed by atoms with Gasteiger partial charge >= 0.3 is 0 Å². The summed E-state index contributed by atoms with van der Waals surface area (Å²) in [5.41, 5.74) is 3.55. The number of nitrogens with one attached hydrogen (secondary N) is 1. The summed E-state index contributed by atoms with van der Waals surface area (Å²) in [5.74, 6) is -0.0419. The number of amides is 1. The van der Waals surface area contributed by atoms with Crippen LogP contribution in [0.1, 0.15) is 59.1 Å². The molecule has 6 heteroatoms. The van der Waals surface area contributed by atoms with E-state index in [0.717, 1.165) is 30.5 Å². The Hall–Kier alpha value is -3.09. The molecule has 1 fully saturated rings. The van der Waals surface area contributed by atoms with Gasteiger partial charge < -0.3 is 15.3 Å². The van der Waals surface area contributed by atoms with Crippen LogP contribution >= 0.6 is 0 Å². The Bertz CT molecular complexity index is 1010. The molecule has 1 amide bonds. The lowest BCUT2D eigenvalue weighted by Crippen LogP contribution is -2.35. The van der Waals surface area contributed by atoms with Crippen molar-refractivity contribution < 1.29 is 9.90 Å². The van der Waals surface area contributed by atoms with E-state index in [2.05, 4.69) is 15.3 Å². The minimum absolute atomic E-state index is 0.0419. The molecule has 4 atom stereocenters. The molecule has 1 aromatic heterocycles. The van der Waals surface area contributed by atoms with Gasteiger partial charge in [-0.25, -0.2) is 0 Å². The van der Waals surface area contributed by atoms with E-state index in [-0.39, 0.29) is 18.0 Å². The van der Waals surface area contributed by atoms with E-state index < -0.39 is 6.10 Å². The third kappa shape index (κ3) is 5.03. The highest BCUT2D eigenvalue weighted by molar-refractivity contribution is 5.94. The molecule has 1 unspecified atom stereocenters. The Morgan fingerprint density at radius 1 is 1.12 bits per heavy atom. The molecule has 32 heavy (non-hydrogen) atoms.